The molecule has 0 spiro atoms. The predicted octanol–water partition coefficient (Wildman–Crippen LogP) is 4.99. The second-order valence-electron chi connectivity index (χ2n) is 7.04. The maximum Gasteiger partial charge on any atom is 0.356 e. The van der Waals surface area contributed by atoms with E-state index in [1.807, 2.05) is 30.3 Å². The van der Waals surface area contributed by atoms with Gasteiger partial charge in [-0.15, -0.1) is 0 Å². The topological polar surface area (TPSA) is 44.1 Å². The van der Waals surface area contributed by atoms with E-state index in [2.05, 4.69) is 73.6 Å². The lowest BCUT2D eigenvalue weighted by molar-refractivity contribution is -0.657. The molecule has 0 fully saturated rings. The lowest BCUT2D eigenvalue weighted by Crippen LogP contribution is -2.37. The highest BCUT2D eigenvalue weighted by atomic mass is 79.9. The number of fused-ring (bicyclic) bond motifs is 1. The van der Waals surface area contributed by atoms with E-state index < -0.39 is 0 Å². The number of halogens is 1. The first-order chi connectivity index (χ1) is 14.2. The molecule has 0 unspecified atom stereocenters. The molecule has 2 N–H and O–H groups in total. The summed E-state index contributed by atoms with van der Waals surface area (Å²) in [5.41, 5.74) is 10.2. The Morgan fingerprint density at radius 1 is 0.897 bits per heavy atom. The van der Waals surface area contributed by atoms with Crippen LogP contribution in [0.1, 0.15) is 12.0 Å². The maximum atomic E-state index is 6.57. The van der Waals surface area contributed by atoms with Crippen molar-refractivity contribution in [3.8, 4) is 5.75 Å². The minimum absolute atomic E-state index is 0.650. The van der Waals surface area contributed by atoms with E-state index in [1.165, 1.54) is 16.6 Å². The van der Waals surface area contributed by atoms with Crippen LogP contribution in [-0.2, 0) is 19.5 Å². The van der Waals surface area contributed by atoms with Crippen molar-refractivity contribution < 1.29 is 9.30 Å². The van der Waals surface area contributed by atoms with Gasteiger partial charge >= 0.3 is 5.95 Å². The lowest BCUT2D eigenvalue weighted by atomic mass is 10.1. The fourth-order valence-corrected chi connectivity index (χ4v) is 3.88. The number of imidazole rings is 1. The number of nitrogens with zero attached hydrogens (tertiary/aromatic N) is 2. The van der Waals surface area contributed by atoms with Crippen LogP contribution in [0.2, 0.25) is 0 Å². The summed E-state index contributed by atoms with van der Waals surface area (Å²) in [5.74, 6) is 1.68. The first-order valence-corrected chi connectivity index (χ1v) is 10.7. The second kappa shape index (κ2) is 9.14. The number of para-hydroxylation sites is 2. The Kier molecular flexibility index (Phi) is 6.15. The molecule has 0 saturated carbocycles. The van der Waals surface area contributed by atoms with Gasteiger partial charge in [0.25, 0.3) is 0 Å². The van der Waals surface area contributed by atoms with Crippen LogP contribution in [0.15, 0.2) is 83.3 Å². The molecular formula is C24H25BrN3O+. The molecule has 29 heavy (non-hydrogen) atoms. The van der Waals surface area contributed by atoms with E-state index in [1.54, 1.807) is 0 Å². The van der Waals surface area contributed by atoms with Crippen LogP contribution in [0.25, 0.3) is 11.0 Å². The summed E-state index contributed by atoms with van der Waals surface area (Å²) in [6.07, 6.45) is 1.84. The molecule has 1 aromatic heterocycles. The maximum absolute atomic E-state index is 6.57. The van der Waals surface area contributed by atoms with Gasteiger partial charge in [-0.05, 0) is 42.0 Å². The Bertz CT molecular complexity index is 1070. The Morgan fingerprint density at radius 2 is 1.62 bits per heavy atom. The van der Waals surface area contributed by atoms with Gasteiger partial charge < -0.3 is 4.74 Å². The van der Waals surface area contributed by atoms with Crippen LogP contribution in [0.3, 0.4) is 0 Å². The fourth-order valence-electron chi connectivity index (χ4n) is 3.61. The number of ether oxygens (including phenoxy) is 1. The van der Waals surface area contributed by atoms with Crippen LogP contribution in [0.4, 0.5) is 5.95 Å². The van der Waals surface area contributed by atoms with Crippen molar-refractivity contribution >= 4 is 32.9 Å². The van der Waals surface area contributed by atoms with Crippen molar-refractivity contribution in [2.45, 2.75) is 25.9 Å². The number of hydrogen-bond donors (Lipinski definition) is 1. The Balaban J connectivity index is 1.46. The monoisotopic (exact) mass is 450 g/mol. The Labute approximate surface area is 179 Å². The van der Waals surface area contributed by atoms with Crippen molar-refractivity contribution in [2.75, 3.05) is 12.3 Å². The average molecular weight is 451 g/mol. The molecule has 5 heteroatoms. The quantitative estimate of drug-likeness (QED) is 0.303. The van der Waals surface area contributed by atoms with Crippen molar-refractivity contribution in [2.24, 2.45) is 0 Å². The van der Waals surface area contributed by atoms with E-state index >= 15 is 0 Å². The van der Waals surface area contributed by atoms with Gasteiger partial charge in [-0.1, -0.05) is 58.4 Å². The van der Waals surface area contributed by atoms with E-state index in [0.29, 0.717) is 6.61 Å². The molecular weight excluding hydrogens is 426 g/mol. The smallest absolute Gasteiger partial charge is 0.356 e. The average Bonchev–Trinajstić information content (AvgIpc) is 3.02. The highest BCUT2D eigenvalue weighted by Gasteiger charge is 2.20. The van der Waals surface area contributed by atoms with E-state index in [0.717, 1.165) is 42.1 Å². The van der Waals surface area contributed by atoms with Gasteiger partial charge in [0.1, 0.15) is 16.8 Å². The molecule has 0 aliphatic rings. The molecule has 0 aliphatic carbocycles. The van der Waals surface area contributed by atoms with Gasteiger partial charge in [0, 0.05) is 17.3 Å². The van der Waals surface area contributed by atoms with Crippen molar-refractivity contribution in [1.29, 1.82) is 0 Å². The normalized spacial score (nSPS) is 11.1. The van der Waals surface area contributed by atoms with Crippen LogP contribution < -0.4 is 15.0 Å². The molecule has 148 valence electrons. The van der Waals surface area contributed by atoms with Gasteiger partial charge in [0.15, 0.2) is 0 Å². The second-order valence-corrected chi connectivity index (χ2v) is 7.96. The first kappa shape index (κ1) is 19.5. The summed E-state index contributed by atoms with van der Waals surface area (Å²) in [4.78, 5) is 0. The number of hydrogen-bond acceptors (Lipinski definition) is 2. The van der Waals surface area contributed by atoms with Gasteiger partial charge in [-0.2, -0.15) is 0 Å². The molecule has 4 nitrogen and oxygen atoms in total. The first-order valence-electron chi connectivity index (χ1n) is 9.91. The summed E-state index contributed by atoms with van der Waals surface area (Å²) in [6, 6.07) is 26.9. The molecule has 0 saturated heterocycles. The van der Waals surface area contributed by atoms with E-state index in [9.17, 15) is 0 Å². The zero-order valence-electron chi connectivity index (χ0n) is 16.3. The number of rotatable bonds is 8. The van der Waals surface area contributed by atoms with Gasteiger partial charge in [-0.3, -0.25) is 5.73 Å². The highest BCUT2D eigenvalue weighted by Crippen LogP contribution is 2.18. The lowest BCUT2D eigenvalue weighted by Gasteiger charge is -2.06. The number of nitrogens with two attached hydrogens (primary N) is 1. The van der Waals surface area contributed by atoms with Crippen molar-refractivity contribution in [1.82, 2.24) is 4.57 Å². The summed E-state index contributed by atoms with van der Waals surface area (Å²) in [7, 11) is 0. The Hall–Kier alpha value is -2.79. The number of nitrogen functional groups attached to an aromatic ring is 1. The third-order valence-electron chi connectivity index (χ3n) is 5.09. The molecule has 0 radical (unpaired) electrons. The minimum Gasteiger partial charge on any atom is -0.493 e. The van der Waals surface area contributed by atoms with Gasteiger partial charge in [0.2, 0.25) is 0 Å². The van der Waals surface area contributed by atoms with Crippen LogP contribution in [0, 0.1) is 0 Å². The summed E-state index contributed by atoms with van der Waals surface area (Å²) in [6.45, 7) is 2.33. The number of anilines is 1. The zero-order chi connectivity index (χ0) is 20.1. The number of aromatic nitrogens is 2. The summed E-state index contributed by atoms with van der Waals surface area (Å²) >= 11 is 3.44. The molecule has 1 heterocycles. The van der Waals surface area contributed by atoms with Crippen LogP contribution >= 0.6 is 15.9 Å². The predicted molar refractivity (Wildman–Crippen MR) is 121 cm³/mol. The fraction of sp³-hybridized carbons (Fsp3) is 0.208. The van der Waals surface area contributed by atoms with Crippen molar-refractivity contribution in [3.05, 3.63) is 88.9 Å². The summed E-state index contributed by atoms with van der Waals surface area (Å²) in [5, 5.41) is 0. The molecule has 4 aromatic rings. The standard InChI is InChI=1S/C24H24BrN3O/c25-20-11-13-21(14-12-20)29-18-6-16-27-22-9-4-5-10-23(22)28(24(27)26)17-15-19-7-2-1-3-8-19/h1-5,7-14,26H,6,15-18H2/p+1. The molecule has 4 rings (SSSR count). The SMILES string of the molecule is Nc1n(CCc2ccccc2)c2ccccc2[n+]1CCCOc1ccc(Br)cc1. The van der Waals surface area contributed by atoms with Crippen LogP contribution in [-0.4, -0.2) is 11.2 Å². The highest BCUT2D eigenvalue weighted by molar-refractivity contribution is 9.10. The largest absolute Gasteiger partial charge is 0.493 e. The van der Waals surface area contributed by atoms with Crippen molar-refractivity contribution in [3.63, 3.8) is 0 Å². The van der Waals surface area contributed by atoms with E-state index in [-0.39, 0.29) is 0 Å². The number of aryl methyl sites for hydroxylation is 3. The minimum atomic E-state index is 0.650. The zero-order valence-corrected chi connectivity index (χ0v) is 17.9. The Morgan fingerprint density at radius 3 is 2.41 bits per heavy atom. The molecule has 0 amide bonds. The molecule has 0 bridgehead atoms. The summed E-state index contributed by atoms with van der Waals surface area (Å²) < 4.78 is 11.3. The molecule has 3 aromatic carbocycles. The molecule has 0 aliphatic heterocycles. The number of benzene rings is 3. The third-order valence-corrected chi connectivity index (χ3v) is 5.62. The third kappa shape index (κ3) is 4.62. The molecule has 0 atom stereocenters. The van der Waals surface area contributed by atoms with Gasteiger partial charge in [0.05, 0.1) is 19.7 Å². The van der Waals surface area contributed by atoms with Crippen LogP contribution in [0.5, 0.6) is 5.75 Å². The van der Waals surface area contributed by atoms with Gasteiger partial charge in [-0.25, -0.2) is 9.13 Å². The van der Waals surface area contributed by atoms with E-state index in [4.69, 9.17) is 10.5 Å².